The lowest BCUT2D eigenvalue weighted by molar-refractivity contribution is -0.150. The maximum atomic E-state index is 14.2. The molecule has 3 aromatic carbocycles. The van der Waals surface area contributed by atoms with Crippen LogP contribution in [0.25, 0.3) is 22.2 Å². The van der Waals surface area contributed by atoms with E-state index in [0.29, 0.717) is 53.4 Å². The average molecular weight is 677 g/mol. The number of ether oxygens (including phenoxy) is 3. The lowest BCUT2D eigenvalue weighted by atomic mass is 9.98. The number of carbonyl (C=O) groups excluding carboxylic acids is 3. The molecule has 0 spiro atoms. The van der Waals surface area contributed by atoms with Crippen LogP contribution in [0.15, 0.2) is 78.9 Å². The average Bonchev–Trinajstić information content (AvgIpc) is 3.59. The molecule has 0 bridgehead atoms. The van der Waals surface area contributed by atoms with E-state index in [-0.39, 0.29) is 36.9 Å². The molecule has 2 aliphatic heterocycles. The Kier molecular flexibility index (Phi) is 10.5. The van der Waals surface area contributed by atoms with Crippen LogP contribution in [0.1, 0.15) is 67.3 Å². The van der Waals surface area contributed by atoms with E-state index < -0.39 is 11.9 Å². The number of benzene rings is 3. The molecule has 10 nitrogen and oxygen atoms in total. The number of rotatable bonds is 11. The van der Waals surface area contributed by atoms with E-state index >= 15 is 0 Å². The molecule has 10 heteroatoms. The van der Waals surface area contributed by atoms with Gasteiger partial charge in [-0.15, -0.1) is 0 Å². The minimum Gasteiger partial charge on any atom is -0.486 e. The minimum absolute atomic E-state index is 0.0270. The van der Waals surface area contributed by atoms with Gasteiger partial charge in [-0.25, -0.2) is 4.98 Å². The van der Waals surface area contributed by atoms with Gasteiger partial charge in [-0.1, -0.05) is 55.0 Å². The van der Waals surface area contributed by atoms with Gasteiger partial charge in [0.2, 0.25) is 5.91 Å². The van der Waals surface area contributed by atoms with Crippen LogP contribution < -0.4 is 20.1 Å². The van der Waals surface area contributed by atoms with Crippen molar-refractivity contribution in [2.24, 2.45) is 0 Å². The Morgan fingerprint density at radius 1 is 0.880 bits per heavy atom. The number of carbonyl (C=O) groups is 3. The molecule has 1 saturated heterocycles. The summed E-state index contributed by atoms with van der Waals surface area (Å²) in [6.07, 6.45) is 5.88. The van der Waals surface area contributed by atoms with Crippen LogP contribution in [0, 0.1) is 0 Å². The number of nitrogens with one attached hydrogen (secondary N) is 2. The van der Waals surface area contributed by atoms with E-state index in [0.717, 1.165) is 57.2 Å². The predicted molar refractivity (Wildman–Crippen MR) is 190 cm³/mol. The molecule has 50 heavy (non-hydrogen) atoms. The van der Waals surface area contributed by atoms with Crippen molar-refractivity contribution >= 4 is 28.7 Å². The van der Waals surface area contributed by atoms with E-state index in [9.17, 15) is 14.4 Å². The van der Waals surface area contributed by atoms with E-state index in [1.54, 1.807) is 6.07 Å². The van der Waals surface area contributed by atoms with Crippen LogP contribution in [0.5, 0.6) is 11.5 Å². The van der Waals surface area contributed by atoms with Gasteiger partial charge in [0.05, 0.1) is 16.8 Å². The van der Waals surface area contributed by atoms with Crippen LogP contribution in [0.3, 0.4) is 0 Å². The highest BCUT2D eigenvalue weighted by atomic mass is 16.6. The molecule has 3 aliphatic rings. The zero-order valence-corrected chi connectivity index (χ0v) is 28.3. The second kappa shape index (κ2) is 15.7. The highest BCUT2D eigenvalue weighted by Gasteiger charge is 2.30. The fraction of sp³-hybridized carbons (Fsp3) is 0.400. The number of amides is 2. The zero-order chi connectivity index (χ0) is 34.3. The SMILES string of the molecule is O=C(CCC(NC(=O)c1cc(-c2ccc3c(c2)OCCO3)nc2ccccc12)C(=O)NC1CCN(Cc2ccccc2)C1)OC1CCCCC1. The highest BCUT2D eigenvalue weighted by molar-refractivity contribution is 6.08. The van der Waals surface area contributed by atoms with Crippen molar-refractivity contribution in [1.29, 1.82) is 0 Å². The first-order valence-corrected chi connectivity index (χ1v) is 17.9. The van der Waals surface area contributed by atoms with Gasteiger partial charge in [0.1, 0.15) is 25.4 Å². The van der Waals surface area contributed by atoms with E-state index in [2.05, 4.69) is 27.7 Å². The first-order valence-electron chi connectivity index (χ1n) is 17.9. The van der Waals surface area contributed by atoms with Gasteiger partial charge in [0.15, 0.2) is 11.5 Å². The normalized spacial score (nSPS) is 18.4. The Hall–Kier alpha value is -4.96. The van der Waals surface area contributed by atoms with Crippen LogP contribution >= 0.6 is 0 Å². The third kappa shape index (κ3) is 8.25. The van der Waals surface area contributed by atoms with E-state index in [1.165, 1.54) is 5.56 Å². The quantitative estimate of drug-likeness (QED) is 0.191. The molecule has 1 aliphatic carbocycles. The van der Waals surface area contributed by atoms with Gasteiger partial charge < -0.3 is 24.8 Å². The van der Waals surface area contributed by atoms with Crippen molar-refractivity contribution in [1.82, 2.24) is 20.5 Å². The Morgan fingerprint density at radius 2 is 1.66 bits per heavy atom. The smallest absolute Gasteiger partial charge is 0.306 e. The molecule has 3 heterocycles. The number of nitrogens with zero attached hydrogens (tertiary/aromatic N) is 2. The fourth-order valence-corrected chi connectivity index (χ4v) is 7.15. The summed E-state index contributed by atoms with van der Waals surface area (Å²) in [7, 11) is 0. The minimum atomic E-state index is -0.936. The summed E-state index contributed by atoms with van der Waals surface area (Å²) < 4.78 is 17.2. The number of esters is 1. The number of hydrogen-bond donors (Lipinski definition) is 2. The second-order valence-corrected chi connectivity index (χ2v) is 13.5. The maximum Gasteiger partial charge on any atom is 0.306 e. The standard InChI is InChI=1S/C40H44N4O6/c45-38(50-30-11-5-2-6-12-30)18-16-34(40(47)41-29-19-20-44(26-29)25-27-9-3-1-4-10-27)43-39(46)32-24-35(42-33-14-8-7-13-31(32)33)28-15-17-36-37(23-28)49-22-21-48-36/h1,3-4,7-10,13-15,17,23-24,29-30,34H,2,5-6,11-12,16,18-22,25-26H2,(H,41,47)(H,43,46). The Morgan fingerprint density at radius 3 is 2.50 bits per heavy atom. The van der Waals surface area contributed by atoms with Gasteiger partial charge in [-0.2, -0.15) is 0 Å². The molecule has 2 atom stereocenters. The van der Waals surface area contributed by atoms with Gasteiger partial charge in [0.25, 0.3) is 5.91 Å². The molecule has 260 valence electrons. The molecule has 1 aromatic heterocycles. The topological polar surface area (TPSA) is 119 Å². The van der Waals surface area contributed by atoms with Gasteiger partial charge >= 0.3 is 5.97 Å². The third-order valence-electron chi connectivity index (χ3n) is 9.78. The third-order valence-corrected chi connectivity index (χ3v) is 9.78. The van der Waals surface area contributed by atoms with Gasteiger partial charge in [0, 0.05) is 43.0 Å². The first-order chi connectivity index (χ1) is 24.5. The zero-order valence-electron chi connectivity index (χ0n) is 28.3. The van der Waals surface area contributed by atoms with Crippen LogP contribution in [0.4, 0.5) is 0 Å². The Balaban J connectivity index is 1.09. The molecular formula is C40H44N4O6. The predicted octanol–water partition coefficient (Wildman–Crippen LogP) is 5.82. The number of likely N-dealkylation sites (tertiary alicyclic amines) is 1. The molecule has 2 fully saturated rings. The number of pyridine rings is 1. The summed E-state index contributed by atoms with van der Waals surface area (Å²) in [5.41, 5.74) is 3.62. The van der Waals surface area contributed by atoms with Crippen molar-refractivity contribution in [3.63, 3.8) is 0 Å². The number of hydrogen-bond acceptors (Lipinski definition) is 8. The van der Waals surface area contributed by atoms with Crippen molar-refractivity contribution in [2.45, 2.75) is 76.1 Å². The van der Waals surface area contributed by atoms with Crippen molar-refractivity contribution < 1.29 is 28.6 Å². The lowest BCUT2D eigenvalue weighted by Gasteiger charge is -2.24. The van der Waals surface area contributed by atoms with E-state index in [4.69, 9.17) is 19.2 Å². The van der Waals surface area contributed by atoms with Crippen LogP contribution in [-0.4, -0.2) is 72.2 Å². The van der Waals surface area contributed by atoms with Crippen molar-refractivity contribution in [3.8, 4) is 22.8 Å². The monoisotopic (exact) mass is 676 g/mol. The Labute approximate surface area is 292 Å². The fourth-order valence-electron chi connectivity index (χ4n) is 7.15. The number of para-hydroxylation sites is 1. The molecule has 2 amide bonds. The number of aromatic nitrogens is 1. The first kappa shape index (κ1) is 33.5. The lowest BCUT2D eigenvalue weighted by Crippen LogP contribution is -2.50. The molecule has 2 N–H and O–H groups in total. The number of fused-ring (bicyclic) bond motifs is 2. The molecule has 2 unspecified atom stereocenters. The molecule has 4 aromatic rings. The maximum absolute atomic E-state index is 14.2. The summed E-state index contributed by atoms with van der Waals surface area (Å²) in [5, 5.41) is 6.83. The van der Waals surface area contributed by atoms with Crippen LogP contribution in [-0.2, 0) is 20.9 Å². The summed E-state index contributed by atoms with van der Waals surface area (Å²) in [6.45, 7) is 3.32. The molecule has 7 rings (SSSR count). The van der Waals surface area contributed by atoms with Gasteiger partial charge in [-0.05, 0) is 74.4 Å². The highest BCUT2D eigenvalue weighted by Crippen LogP contribution is 2.35. The molecule has 0 radical (unpaired) electrons. The largest absolute Gasteiger partial charge is 0.486 e. The molecular weight excluding hydrogens is 632 g/mol. The summed E-state index contributed by atoms with van der Waals surface area (Å²) in [6, 6.07) is 24.1. The van der Waals surface area contributed by atoms with Gasteiger partial charge in [-0.3, -0.25) is 19.3 Å². The summed E-state index contributed by atoms with van der Waals surface area (Å²) in [5.74, 6) is 0.233. The molecule has 1 saturated carbocycles. The summed E-state index contributed by atoms with van der Waals surface area (Å²) in [4.78, 5) is 48.1. The summed E-state index contributed by atoms with van der Waals surface area (Å²) >= 11 is 0. The Bertz CT molecular complexity index is 1830. The van der Waals surface area contributed by atoms with E-state index in [1.807, 2.05) is 60.7 Å². The van der Waals surface area contributed by atoms with Crippen LogP contribution in [0.2, 0.25) is 0 Å². The second-order valence-electron chi connectivity index (χ2n) is 13.5. The van der Waals surface area contributed by atoms with Crippen molar-refractivity contribution in [3.05, 3.63) is 90.0 Å². The van der Waals surface area contributed by atoms with Crippen molar-refractivity contribution in [2.75, 3.05) is 26.3 Å².